The van der Waals surface area contributed by atoms with Gasteiger partial charge in [0.25, 0.3) is 0 Å². The van der Waals surface area contributed by atoms with Gasteiger partial charge in [-0.05, 0) is 6.42 Å². The van der Waals surface area contributed by atoms with E-state index >= 15 is 0 Å². The van der Waals surface area contributed by atoms with E-state index < -0.39 is 0 Å². The van der Waals surface area contributed by atoms with E-state index in [1.165, 1.54) is 0 Å². The molecule has 1 N–H and O–H groups in total. The van der Waals surface area contributed by atoms with Gasteiger partial charge in [0.2, 0.25) is 5.91 Å². The van der Waals surface area contributed by atoms with Gasteiger partial charge in [-0.1, -0.05) is 34.1 Å². The van der Waals surface area contributed by atoms with E-state index in [4.69, 9.17) is 0 Å². The summed E-state index contributed by atoms with van der Waals surface area (Å²) in [6.07, 6.45) is 2.90. The van der Waals surface area contributed by atoms with Crippen LogP contribution in [0, 0.1) is 0 Å². The van der Waals surface area contributed by atoms with E-state index in [2.05, 4.69) is 17.1 Å². The SMILES string of the molecule is CC.CCCCN(CCN1CCNCC1)C(=O)CC. The Balaban J connectivity index is 0.00000154. The summed E-state index contributed by atoms with van der Waals surface area (Å²) in [4.78, 5) is 16.3. The van der Waals surface area contributed by atoms with Crippen molar-refractivity contribution < 1.29 is 4.79 Å². The van der Waals surface area contributed by atoms with Crippen molar-refractivity contribution in [1.29, 1.82) is 0 Å². The summed E-state index contributed by atoms with van der Waals surface area (Å²) in [5.74, 6) is 0.300. The average molecular weight is 271 g/mol. The van der Waals surface area contributed by atoms with Gasteiger partial charge in [-0.15, -0.1) is 0 Å². The lowest BCUT2D eigenvalue weighted by Crippen LogP contribution is -2.47. The largest absolute Gasteiger partial charge is 0.341 e. The van der Waals surface area contributed by atoms with E-state index in [-0.39, 0.29) is 0 Å². The number of unbranched alkanes of at least 4 members (excludes halogenated alkanes) is 1. The van der Waals surface area contributed by atoms with Crippen LogP contribution in [0.15, 0.2) is 0 Å². The van der Waals surface area contributed by atoms with Crippen LogP contribution in [0.5, 0.6) is 0 Å². The zero-order valence-corrected chi connectivity index (χ0v) is 13.4. The van der Waals surface area contributed by atoms with Crippen LogP contribution in [0.1, 0.15) is 47.0 Å². The molecule has 1 heterocycles. The standard InChI is InChI=1S/C13H27N3O.C2H6/c1-3-5-8-16(13(17)4-2)12-11-15-9-6-14-7-10-15;1-2/h14H,3-12H2,1-2H3;1-2H3. The molecule has 114 valence electrons. The van der Waals surface area contributed by atoms with E-state index in [0.717, 1.165) is 58.7 Å². The summed E-state index contributed by atoms with van der Waals surface area (Å²) in [6.45, 7) is 15.4. The Labute approximate surface area is 119 Å². The van der Waals surface area contributed by atoms with Gasteiger partial charge >= 0.3 is 0 Å². The fraction of sp³-hybridized carbons (Fsp3) is 0.933. The molecule has 0 aromatic rings. The number of nitrogens with zero attached hydrogens (tertiary/aromatic N) is 2. The van der Waals surface area contributed by atoms with Gasteiger partial charge in [0.05, 0.1) is 0 Å². The predicted octanol–water partition coefficient (Wildman–Crippen LogP) is 1.96. The van der Waals surface area contributed by atoms with Crippen molar-refractivity contribution in [2.24, 2.45) is 0 Å². The van der Waals surface area contributed by atoms with E-state index in [0.29, 0.717) is 12.3 Å². The molecule has 19 heavy (non-hydrogen) atoms. The Hall–Kier alpha value is -0.610. The van der Waals surface area contributed by atoms with Gasteiger partial charge in [-0.3, -0.25) is 9.69 Å². The maximum atomic E-state index is 11.8. The molecule has 1 aliphatic rings. The second kappa shape index (κ2) is 12.4. The Morgan fingerprint density at radius 3 is 2.32 bits per heavy atom. The normalized spacial score (nSPS) is 15.6. The lowest BCUT2D eigenvalue weighted by Gasteiger charge is -2.30. The minimum atomic E-state index is 0.300. The molecule has 0 saturated carbocycles. The van der Waals surface area contributed by atoms with Crippen LogP contribution >= 0.6 is 0 Å². The van der Waals surface area contributed by atoms with Gasteiger partial charge in [0, 0.05) is 52.2 Å². The first-order valence-corrected chi connectivity index (χ1v) is 7.98. The fourth-order valence-corrected chi connectivity index (χ4v) is 2.13. The smallest absolute Gasteiger partial charge is 0.222 e. The average Bonchev–Trinajstić information content (AvgIpc) is 2.49. The summed E-state index contributed by atoms with van der Waals surface area (Å²) in [5.41, 5.74) is 0. The van der Waals surface area contributed by atoms with Gasteiger partial charge in [-0.25, -0.2) is 0 Å². The number of nitrogens with one attached hydrogen (secondary N) is 1. The first-order valence-electron chi connectivity index (χ1n) is 7.98. The monoisotopic (exact) mass is 271 g/mol. The Bertz CT molecular complexity index is 215. The molecule has 0 aromatic heterocycles. The van der Waals surface area contributed by atoms with E-state index in [1.54, 1.807) is 0 Å². The number of carbonyl (C=O) groups excluding carboxylic acids is 1. The molecule has 1 fully saturated rings. The molecular weight excluding hydrogens is 238 g/mol. The molecule has 0 unspecified atom stereocenters. The minimum absolute atomic E-state index is 0.300. The maximum Gasteiger partial charge on any atom is 0.222 e. The molecule has 0 radical (unpaired) electrons. The van der Waals surface area contributed by atoms with Crippen LogP contribution in [0.2, 0.25) is 0 Å². The van der Waals surface area contributed by atoms with Crippen molar-refractivity contribution in [3.63, 3.8) is 0 Å². The third kappa shape index (κ3) is 8.22. The van der Waals surface area contributed by atoms with Crippen LogP contribution < -0.4 is 5.32 Å². The number of amides is 1. The summed E-state index contributed by atoms with van der Waals surface area (Å²) in [5, 5.41) is 3.35. The highest BCUT2D eigenvalue weighted by molar-refractivity contribution is 5.75. The Morgan fingerprint density at radius 1 is 1.16 bits per heavy atom. The van der Waals surface area contributed by atoms with Crippen molar-refractivity contribution >= 4 is 5.91 Å². The third-order valence-electron chi connectivity index (χ3n) is 3.33. The summed E-state index contributed by atoms with van der Waals surface area (Å²) in [7, 11) is 0. The zero-order chi connectivity index (χ0) is 14.5. The fourth-order valence-electron chi connectivity index (χ4n) is 2.13. The second-order valence-electron chi connectivity index (χ2n) is 4.68. The van der Waals surface area contributed by atoms with Crippen molar-refractivity contribution in [2.45, 2.75) is 47.0 Å². The molecule has 0 aliphatic carbocycles. The van der Waals surface area contributed by atoms with Crippen LogP contribution in [-0.2, 0) is 4.79 Å². The highest BCUT2D eigenvalue weighted by atomic mass is 16.2. The highest BCUT2D eigenvalue weighted by Gasteiger charge is 2.14. The molecule has 0 atom stereocenters. The minimum Gasteiger partial charge on any atom is -0.341 e. The number of hydrogen-bond acceptors (Lipinski definition) is 3. The highest BCUT2D eigenvalue weighted by Crippen LogP contribution is 2.00. The van der Waals surface area contributed by atoms with Crippen LogP contribution in [0.25, 0.3) is 0 Å². The molecule has 1 saturated heterocycles. The molecule has 1 aliphatic heterocycles. The van der Waals surface area contributed by atoms with Gasteiger partial charge < -0.3 is 10.2 Å². The molecule has 1 rings (SSSR count). The summed E-state index contributed by atoms with van der Waals surface area (Å²) in [6, 6.07) is 0. The molecule has 4 heteroatoms. The summed E-state index contributed by atoms with van der Waals surface area (Å²) < 4.78 is 0. The van der Waals surface area contributed by atoms with E-state index in [9.17, 15) is 4.79 Å². The third-order valence-corrected chi connectivity index (χ3v) is 3.33. The van der Waals surface area contributed by atoms with Crippen molar-refractivity contribution in [3.05, 3.63) is 0 Å². The molecule has 1 amide bonds. The number of rotatable bonds is 7. The van der Waals surface area contributed by atoms with Gasteiger partial charge in [-0.2, -0.15) is 0 Å². The molecule has 4 nitrogen and oxygen atoms in total. The summed E-state index contributed by atoms with van der Waals surface area (Å²) >= 11 is 0. The second-order valence-corrected chi connectivity index (χ2v) is 4.68. The number of carbonyl (C=O) groups is 1. The first kappa shape index (κ1) is 18.4. The van der Waals surface area contributed by atoms with Gasteiger partial charge in [0.15, 0.2) is 0 Å². The first-order chi connectivity index (χ1) is 9.27. The topological polar surface area (TPSA) is 35.6 Å². The van der Waals surface area contributed by atoms with E-state index in [1.807, 2.05) is 25.7 Å². The molecule has 0 bridgehead atoms. The van der Waals surface area contributed by atoms with Gasteiger partial charge in [0.1, 0.15) is 0 Å². The molecule has 0 aromatic carbocycles. The Morgan fingerprint density at radius 2 is 1.79 bits per heavy atom. The van der Waals surface area contributed by atoms with Crippen molar-refractivity contribution in [2.75, 3.05) is 45.8 Å². The maximum absolute atomic E-state index is 11.8. The molecular formula is C15H33N3O. The predicted molar refractivity (Wildman–Crippen MR) is 82.4 cm³/mol. The van der Waals surface area contributed by atoms with Crippen LogP contribution in [0.4, 0.5) is 0 Å². The number of hydrogen-bond donors (Lipinski definition) is 1. The van der Waals surface area contributed by atoms with Crippen molar-refractivity contribution in [3.8, 4) is 0 Å². The lowest BCUT2D eigenvalue weighted by molar-refractivity contribution is -0.131. The van der Waals surface area contributed by atoms with Crippen LogP contribution in [0.3, 0.4) is 0 Å². The lowest BCUT2D eigenvalue weighted by atomic mass is 10.2. The van der Waals surface area contributed by atoms with Crippen molar-refractivity contribution in [1.82, 2.24) is 15.1 Å². The quantitative estimate of drug-likeness (QED) is 0.769. The van der Waals surface area contributed by atoms with Crippen LogP contribution in [-0.4, -0.2) is 61.5 Å². The number of piperazine rings is 1. The Kier molecular flexibility index (Phi) is 12.0. The zero-order valence-electron chi connectivity index (χ0n) is 13.4. The molecule has 0 spiro atoms.